The minimum absolute atomic E-state index is 0.0442. The van der Waals surface area contributed by atoms with Gasteiger partial charge >= 0.3 is 0 Å². The predicted molar refractivity (Wildman–Crippen MR) is 149 cm³/mol. The number of carbonyl (C=O) groups excluding carboxylic acids is 3. The zero-order chi connectivity index (χ0) is 26.5. The Bertz CT molecular complexity index is 1320. The highest BCUT2D eigenvalue weighted by molar-refractivity contribution is 6.42. The van der Waals surface area contributed by atoms with Gasteiger partial charge in [-0.3, -0.25) is 14.4 Å². The highest BCUT2D eigenvalue weighted by Gasteiger charge is 2.31. The number of nitrogens with one attached hydrogen (secondary N) is 1. The van der Waals surface area contributed by atoms with Crippen LogP contribution >= 0.6 is 23.2 Å². The van der Waals surface area contributed by atoms with E-state index >= 15 is 0 Å². The molecule has 4 rings (SSSR count). The summed E-state index contributed by atoms with van der Waals surface area (Å²) in [5, 5.41) is 5.74. The third kappa shape index (κ3) is 5.76. The molecule has 0 spiro atoms. The molecule has 1 unspecified atom stereocenters. The average Bonchev–Trinajstić information content (AvgIpc) is 3.17. The number of benzene rings is 3. The minimum Gasteiger partial charge on any atom is -0.354 e. The molecule has 1 aliphatic rings. The van der Waals surface area contributed by atoms with E-state index < -0.39 is 6.04 Å². The lowest BCUT2D eigenvalue weighted by molar-refractivity contribution is -0.141. The van der Waals surface area contributed by atoms with Gasteiger partial charge in [-0.05, 0) is 54.5 Å². The molecule has 0 saturated carbocycles. The van der Waals surface area contributed by atoms with Crippen molar-refractivity contribution in [3.8, 4) is 0 Å². The first-order chi connectivity index (χ1) is 17.8. The largest absolute Gasteiger partial charge is 0.354 e. The number of amides is 3. The van der Waals surface area contributed by atoms with Crippen LogP contribution in [-0.4, -0.2) is 41.8 Å². The van der Waals surface area contributed by atoms with Gasteiger partial charge in [0.05, 0.1) is 15.7 Å². The molecular formula is C29H31Cl2N3O3. The van der Waals surface area contributed by atoms with Gasteiger partial charge in [-0.1, -0.05) is 67.4 Å². The van der Waals surface area contributed by atoms with Crippen molar-refractivity contribution in [3.05, 3.63) is 75.8 Å². The quantitative estimate of drug-likeness (QED) is 0.314. The summed E-state index contributed by atoms with van der Waals surface area (Å²) >= 11 is 12.3. The van der Waals surface area contributed by atoms with Crippen LogP contribution in [0, 0.1) is 0 Å². The topological polar surface area (TPSA) is 69.7 Å². The summed E-state index contributed by atoms with van der Waals surface area (Å²) in [6.45, 7) is 5.08. The fourth-order valence-electron chi connectivity index (χ4n) is 4.85. The average molecular weight is 540 g/mol. The van der Waals surface area contributed by atoms with E-state index in [1.165, 1.54) is 0 Å². The lowest BCUT2D eigenvalue weighted by Gasteiger charge is -2.31. The van der Waals surface area contributed by atoms with Crippen LogP contribution in [-0.2, 0) is 16.1 Å². The molecule has 1 aliphatic heterocycles. The zero-order valence-electron chi connectivity index (χ0n) is 21.1. The van der Waals surface area contributed by atoms with Crippen molar-refractivity contribution in [2.75, 3.05) is 18.0 Å². The normalized spacial score (nSPS) is 13.2. The van der Waals surface area contributed by atoms with E-state index in [1.807, 2.05) is 56.3 Å². The van der Waals surface area contributed by atoms with Crippen LogP contribution in [0.25, 0.3) is 10.8 Å². The number of hydrogen-bond donors (Lipinski definition) is 1. The van der Waals surface area contributed by atoms with Gasteiger partial charge < -0.3 is 15.1 Å². The molecule has 3 aromatic rings. The predicted octanol–water partition coefficient (Wildman–Crippen LogP) is 6.22. The molecule has 37 heavy (non-hydrogen) atoms. The van der Waals surface area contributed by atoms with Crippen LogP contribution in [0.5, 0.6) is 0 Å². The second-order valence-electron chi connectivity index (χ2n) is 9.23. The van der Waals surface area contributed by atoms with Gasteiger partial charge in [0.15, 0.2) is 0 Å². The zero-order valence-corrected chi connectivity index (χ0v) is 22.6. The Balaban J connectivity index is 1.49. The molecule has 0 bridgehead atoms. The van der Waals surface area contributed by atoms with E-state index in [0.29, 0.717) is 41.5 Å². The van der Waals surface area contributed by atoms with E-state index in [1.54, 1.807) is 21.9 Å². The molecular weight excluding hydrogens is 509 g/mol. The molecule has 3 amide bonds. The molecule has 0 radical (unpaired) electrons. The third-order valence-corrected chi connectivity index (χ3v) is 7.43. The van der Waals surface area contributed by atoms with Crippen molar-refractivity contribution in [2.45, 2.75) is 52.1 Å². The maximum atomic E-state index is 13.5. The molecule has 1 atom stereocenters. The lowest BCUT2D eigenvalue weighted by atomic mass is 10.1. The van der Waals surface area contributed by atoms with Crippen LogP contribution in [0.4, 0.5) is 5.69 Å². The molecule has 1 heterocycles. The lowest BCUT2D eigenvalue weighted by Crippen LogP contribution is -2.49. The van der Waals surface area contributed by atoms with E-state index in [-0.39, 0.29) is 30.7 Å². The van der Waals surface area contributed by atoms with Gasteiger partial charge in [-0.25, -0.2) is 0 Å². The van der Waals surface area contributed by atoms with Crippen molar-refractivity contribution < 1.29 is 14.4 Å². The monoisotopic (exact) mass is 539 g/mol. The van der Waals surface area contributed by atoms with Gasteiger partial charge in [0.25, 0.3) is 5.91 Å². The second kappa shape index (κ2) is 12.0. The number of carbonyl (C=O) groups is 3. The Morgan fingerprint density at radius 2 is 1.78 bits per heavy atom. The van der Waals surface area contributed by atoms with Crippen LogP contribution in [0.2, 0.25) is 10.0 Å². The van der Waals surface area contributed by atoms with Gasteiger partial charge in [0.1, 0.15) is 6.04 Å². The van der Waals surface area contributed by atoms with Gasteiger partial charge in [0, 0.05) is 37.0 Å². The van der Waals surface area contributed by atoms with Crippen molar-refractivity contribution in [2.24, 2.45) is 0 Å². The summed E-state index contributed by atoms with van der Waals surface area (Å²) in [6.07, 6.45) is 1.96. The highest BCUT2D eigenvalue weighted by Crippen LogP contribution is 2.37. The molecule has 0 aromatic heterocycles. The Hall–Kier alpha value is -3.09. The molecule has 6 nitrogen and oxygen atoms in total. The maximum Gasteiger partial charge on any atom is 0.258 e. The molecule has 1 N–H and O–H groups in total. The summed E-state index contributed by atoms with van der Waals surface area (Å²) in [6, 6.07) is 16.2. The minimum atomic E-state index is -0.611. The van der Waals surface area contributed by atoms with Crippen LogP contribution in [0.15, 0.2) is 54.6 Å². The number of rotatable bonds is 11. The number of nitrogens with zero attached hydrogens (tertiary/aromatic N) is 2. The van der Waals surface area contributed by atoms with Gasteiger partial charge in [-0.15, -0.1) is 0 Å². The summed E-state index contributed by atoms with van der Waals surface area (Å²) < 4.78 is 0. The fourth-order valence-corrected chi connectivity index (χ4v) is 5.17. The van der Waals surface area contributed by atoms with Crippen molar-refractivity contribution >= 4 is 57.4 Å². The van der Waals surface area contributed by atoms with Crippen molar-refractivity contribution in [3.63, 3.8) is 0 Å². The smallest absolute Gasteiger partial charge is 0.258 e. The summed E-state index contributed by atoms with van der Waals surface area (Å²) in [7, 11) is 0. The third-order valence-electron chi connectivity index (χ3n) is 6.69. The van der Waals surface area contributed by atoms with E-state index in [2.05, 4.69) is 5.32 Å². The van der Waals surface area contributed by atoms with Crippen LogP contribution in [0.1, 0.15) is 55.5 Å². The first-order valence-electron chi connectivity index (χ1n) is 12.7. The Kier molecular flexibility index (Phi) is 8.72. The number of halogens is 2. The highest BCUT2D eigenvalue weighted by atomic mass is 35.5. The number of hydrogen-bond acceptors (Lipinski definition) is 3. The fraction of sp³-hybridized carbons (Fsp3) is 0.345. The van der Waals surface area contributed by atoms with Crippen LogP contribution < -0.4 is 10.2 Å². The van der Waals surface area contributed by atoms with Gasteiger partial charge in [0.2, 0.25) is 11.8 Å². The molecule has 194 valence electrons. The molecule has 3 aromatic carbocycles. The number of anilines is 1. The van der Waals surface area contributed by atoms with Gasteiger partial charge in [-0.2, -0.15) is 0 Å². The van der Waals surface area contributed by atoms with E-state index in [0.717, 1.165) is 28.4 Å². The second-order valence-corrected chi connectivity index (χ2v) is 10.0. The summed E-state index contributed by atoms with van der Waals surface area (Å²) in [5.74, 6) is -0.362. The Morgan fingerprint density at radius 1 is 1.03 bits per heavy atom. The Labute approximate surface area is 227 Å². The SMILES string of the molecule is CCCNC(=O)C(CC)N(Cc1ccc(Cl)c(Cl)c1)C(=O)CCCN1C(=O)c2cccc3cccc1c23. The summed E-state index contributed by atoms with van der Waals surface area (Å²) in [5.41, 5.74) is 2.37. The van der Waals surface area contributed by atoms with Crippen molar-refractivity contribution in [1.29, 1.82) is 0 Å². The van der Waals surface area contributed by atoms with E-state index in [4.69, 9.17) is 23.2 Å². The molecule has 8 heteroatoms. The Morgan fingerprint density at radius 3 is 2.49 bits per heavy atom. The maximum absolute atomic E-state index is 13.5. The first-order valence-corrected chi connectivity index (χ1v) is 13.5. The van der Waals surface area contributed by atoms with E-state index in [9.17, 15) is 14.4 Å². The molecule has 0 saturated heterocycles. The summed E-state index contributed by atoms with van der Waals surface area (Å²) in [4.78, 5) is 42.9. The molecule has 0 fully saturated rings. The first kappa shape index (κ1) is 27.0. The van der Waals surface area contributed by atoms with Crippen LogP contribution in [0.3, 0.4) is 0 Å². The standard InChI is InChI=1S/C29H31Cl2N3O3/c1-3-15-32-28(36)24(4-2)34(18-19-13-14-22(30)23(31)17-19)26(35)12-7-16-33-25-11-6-9-20-8-5-10-21(27(20)25)29(33)37/h5-6,8-11,13-14,17,24H,3-4,7,12,15-16,18H2,1-2H3,(H,32,36). The van der Waals surface area contributed by atoms with Crippen molar-refractivity contribution in [1.82, 2.24) is 10.2 Å². The molecule has 0 aliphatic carbocycles.